The molecule has 0 saturated carbocycles. The SMILES string of the molecule is CCCCOC1OC2COC(c3ccccc3)O[C@@H]2C(O)[C@@H]1[N+](C)(C)C. The molecule has 1 aromatic rings. The summed E-state index contributed by atoms with van der Waals surface area (Å²) in [6.45, 7) is 3.12. The normalized spacial score (nSPS) is 35.1. The van der Waals surface area contributed by atoms with Crippen molar-refractivity contribution >= 4 is 0 Å². The number of aliphatic hydroxyl groups is 1. The number of rotatable bonds is 6. The quantitative estimate of drug-likeness (QED) is 0.617. The Hall–Kier alpha value is -1.02. The van der Waals surface area contributed by atoms with Gasteiger partial charge in [0.15, 0.2) is 12.3 Å². The van der Waals surface area contributed by atoms with E-state index < -0.39 is 24.8 Å². The van der Waals surface area contributed by atoms with Crippen LogP contribution in [-0.2, 0) is 18.9 Å². The van der Waals surface area contributed by atoms with E-state index in [4.69, 9.17) is 18.9 Å². The standard InChI is InChI=1S/C20H32NO5/c1-5-6-12-23-20-16(21(2,3)4)17(22)18-15(25-20)13-24-19(26-18)14-10-8-7-9-11-14/h7-11,15-20,22H,5-6,12-13H2,1-4H3/q+1/t15?,16-,17?,18-,19?,20?/m0/s1. The second-order valence-corrected chi connectivity index (χ2v) is 8.04. The average molecular weight is 366 g/mol. The third-order valence-corrected chi connectivity index (χ3v) is 5.08. The van der Waals surface area contributed by atoms with Gasteiger partial charge in [0.2, 0.25) is 6.29 Å². The number of benzene rings is 1. The zero-order valence-electron chi connectivity index (χ0n) is 16.2. The molecule has 2 aliphatic heterocycles. The first-order valence-corrected chi connectivity index (χ1v) is 9.50. The van der Waals surface area contributed by atoms with Crippen molar-refractivity contribution in [2.75, 3.05) is 34.4 Å². The molecular formula is C20H32NO5+. The molecule has 0 spiro atoms. The van der Waals surface area contributed by atoms with Gasteiger partial charge in [0.1, 0.15) is 18.3 Å². The fraction of sp³-hybridized carbons (Fsp3) is 0.700. The number of quaternary nitrogens is 1. The highest BCUT2D eigenvalue weighted by atomic mass is 16.7. The van der Waals surface area contributed by atoms with Crippen LogP contribution < -0.4 is 0 Å². The number of ether oxygens (including phenoxy) is 4. The van der Waals surface area contributed by atoms with Crippen LogP contribution in [0.1, 0.15) is 31.6 Å². The zero-order chi connectivity index (χ0) is 18.7. The predicted molar refractivity (Wildman–Crippen MR) is 97.4 cm³/mol. The van der Waals surface area contributed by atoms with Gasteiger partial charge in [-0.3, -0.25) is 0 Å². The van der Waals surface area contributed by atoms with Crippen molar-refractivity contribution in [3.05, 3.63) is 35.9 Å². The summed E-state index contributed by atoms with van der Waals surface area (Å²) < 4.78 is 24.7. The average Bonchev–Trinajstić information content (AvgIpc) is 2.61. The van der Waals surface area contributed by atoms with E-state index in [1.165, 1.54) is 0 Å². The van der Waals surface area contributed by atoms with Crippen molar-refractivity contribution in [1.29, 1.82) is 0 Å². The number of fused-ring (bicyclic) bond motifs is 1. The minimum atomic E-state index is -0.699. The van der Waals surface area contributed by atoms with Gasteiger partial charge in [0.25, 0.3) is 0 Å². The molecule has 2 saturated heterocycles. The van der Waals surface area contributed by atoms with Crippen molar-refractivity contribution < 1.29 is 28.5 Å². The number of hydrogen-bond donors (Lipinski definition) is 1. The van der Waals surface area contributed by atoms with E-state index in [1.807, 2.05) is 51.5 Å². The zero-order valence-corrected chi connectivity index (χ0v) is 16.2. The van der Waals surface area contributed by atoms with Crippen molar-refractivity contribution in [3.63, 3.8) is 0 Å². The van der Waals surface area contributed by atoms with Gasteiger partial charge < -0.3 is 28.5 Å². The van der Waals surface area contributed by atoms with E-state index >= 15 is 0 Å². The van der Waals surface area contributed by atoms with Gasteiger partial charge in [-0.15, -0.1) is 0 Å². The highest BCUT2D eigenvalue weighted by Crippen LogP contribution is 2.36. The Morgan fingerprint density at radius 3 is 2.54 bits per heavy atom. The fourth-order valence-electron chi connectivity index (χ4n) is 3.66. The molecule has 0 bridgehead atoms. The van der Waals surface area contributed by atoms with Crippen LogP contribution in [0.25, 0.3) is 0 Å². The van der Waals surface area contributed by atoms with Gasteiger partial charge in [-0.1, -0.05) is 43.7 Å². The van der Waals surface area contributed by atoms with Gasteiger partial charge in [0.05, 0.1) is 27.7 Å². The summed E-state index contributed by atoms with van der Waals surface area (Å²) in [4.78, 5) is 0. The topological polar surface area (TPSA) is 57.2 Å². The van der Waals surface area contributed by atoms with Crippen molar-refractivity contribution in [1.82, 2.24) is 0 Å². The van der Waals surface area contributed by atoms with E-state index in [1.54, 1.807) is 0 Å². The van der Waals surface area contributed by atoms with Crippen LogP contribution in [-0.4, -0.2) is 74.6 Å². The Balaban J connectivity index is 1.75. The lowest BCUT2D eigenvalue weighted by Gasteiger charge is -2.51. The molecule has 3 rings (SSSR count). The van der Waals surface area contributed by atoms with E-state index in [2.05, 4.69) is 6.92 Å². The maximum absolute atomic E-state index is 11.1. The van der Waals surface area contributed by atoms with Crippen molar-refractivity contribution in [3.8, 4) is 0 Å². The number of likely N-dealkylation sites (N-methyl/N-ethyl adjacent to an activating group) is 1. The second-order valence-electron chi connectivity index (χ2n) is 8.04. The van der Waals surface area contributed by atoms with Crippen LogP contribution in [0.5, 0.6) is 0 Å². The minimum Gasteiger partial charge on any atom is -0.384 e. The molecule has 0 amide bonds. The van der Waals surface area contributed by atoms with Gasteiger partial charge in [-0.2, -0.15) is 0 Å². The molecule has 26 heavy (non-hydrogen) atoms. The van der Waals surface area contributed by atoms with Crippen LogP contribution in [0, 0.1) is 0 Å². The molecule has 1 aromatic carbocycles. The highest BCUT2D eigenvalue weighted by Gasteiger charge is 2.54. The molecule has 6 heteroatoms. The maximum atomic E-state index is 11.1. The molecule has 6 atom stereocenters. The number of nitrogens with zero attached hydrogens (tertiary/aromatic N) is 1. The first-order chi connectivity index (χ1) is 12.4. The van der Waals surface area contributed by atoms with Gasteiger partial charge in [-0.25, -0.2) is 0 Å². The van der Waals surface area contributed by atoms with Crippen LogP contribution in [0.4, 0.5) is 0 Å². The lowest BCUT2D eigenvalue weighted by molar-refractivity contribution is -0.910. The Kier molecular flexibility index (Phi) is 6.33. The molecule has 2 aliphatic rings. The Bertz CT molecular complexity index is 561. The third kappa shape index (κ3) is 4.27. The molecule has 0 aliphatic carbocycles. The minimum absolute atomic E-state index is 0.234. The predicted octanol–water partition coefficient (Wildman–Crippen LogP) is 2.08. The Morgan fingerprint density at radius 2 is 1.88 bits per heavy atom. The van der Waals surface area contributed by atoms with Gasteiger partial charge in [-0.05, 0) is 6.42 Å². The largest absolute Gasteiger partial charge is 0.384 e. The number of unbranched alkanes of at least 4 members (excludes halogenated alkanes) is 1. The van der Waals surface area contributed by atoms with Crippen molar-refractivity contribution in [2.45, 2.75) is 56.7 Å². The van der Waals surface area contributed by atoms with Gasteiger partial charge in [0, 0.05) is 12.2 Å². The second kappa shape index (κ2) is 8.33. The summed E-state index contributed by atoms with van der Waals surface area (Å²) in [7, 11) is 6.13. The van der Waals surface area contributed by atoms with E-state index in [0.717, 1.165) is 18.4 Å². The Morgan fingerprint density at radius 1 is 1.15 bits per heavy atom. The first-order valence-electron chi connectivity index (χ1n) is 9.50. The molecule has 6 nitrogen and oxygen atoms in total. The third-order valence-electron chi connectivity index (χ3n) is 5.08. The molecule has 0 aromatic heterocycles. The summed E-state index contributed by atoms with van der Waals surface area (Å²) in [6.07, 6.45) is -0.407. The van der Waals surface area contributed by atoms with Crippen LogP contribution in [0.2, 0.25) is 0 Å². The fourth-order valence-corrected chi connectivity index (χ4v) is 3.66. The number of hydrogen-bond acceptors (Lipinski definition) is 5. The molecule has 0 radical (unpaired) electrons. The molecular weight excluding hydrogens is 334 g/mol. The lowest BCUT2D eigenvalue weighted by Crippen LogP contribution is -2.69. The van der Waals surface area contributed by atoms with Gasteiger partial charge >= 0.3 is 0 Å². The number of aliphatic hydroxyl groups excluding tert-OH is 1. The van der Waals surface area contributed by atoms with E-state index in [9.17, 15) is 5.11 Å². The summed E-state index contributed by atoms with van der Waals surface area (Å²) in [5.41, 5.74) is 0.946. The molecule has 4 unspecified atom stereocenters. The molecule has 1 N–H and O–H groups in total. The summed E-state index contributed by atoms with van der Waals surface area (Å²) in [5.74, 6) is 0. The first kappa shape index (κ1) is 19.7. The van der Waals surface area contributed by atoms with E-state index in [-0.39, 0.29) is 12.1 Å². The van der Waals surface area contributed by atoms with Crippen molar-refractivity contribution in [2.24, 2.45) is 0 Å². The van der Waals surface area contributed by atoms with E-state index in [0.29, 0.717) is 17.7 Å². The van der Waals surface area contributed by atoms with Crippen LogP contribution >= 0.6 is 0 Å². The monoisotopic (exact) mass is 366 g/mol. The summed E-state index contributed by atoms with van der Waals surface area (Å²) in [6, 6.07) is 9.56. The molecule has 146 valence electrons. The lowest BCUT2D eigenvalue weighted by atomic mass is 9.94. The summed E-state index contributed by atoms with van der Waals surface area (Å²) in [5, 5.41) is 11.1. The molecule has 2 fully saturated rings. The maximum Gasteiger partial charge on any atom is 0.213 e. The summed E-state index contributed by atoms with van der Waals surface area (Å²) >= 11 is 0. The highest BCUT2D eigenvalue weighted by molar-refractivity contribution is 5.16. The molecule has 2 heterocycles. The Labute approximate surface area is 156 Å². The van der Waals surface area contributed by atoms with Crippen LogP contribution in [0.3, 0.4) is 0 Å². The van der Waals surface area contributed by atoms with Crippen LogP contribution in [0.15, 0.2) is 30.3 Å². The smallest absolute Gasteiger partial charge is 0.213 e.